The van der Waals surface area contributed by atoms with Crippen LogP contribution in [0.5, 0.6) is 5.88 Å². The first kappa shape index (κ1) is 34.8. The number of amides is 2. The summed E-state index contributed by atoms with van der Waals surface area (Å²) in [6.45, 7) is 8.19. The molecule has 3 N–H and O–H groups in total. The molecule has 1 saturated heterocycles. The number of nitrogens with one attached hydrogen (secondary N) is 2. The molecular formula is C35H41ClN6O6. The Hall–Kier alpha value is -4.52. The van der Waals surface area contributed by atoms with E-state index in [1.165, 1.54) is 11.5 Å². The van der Waals surface area contributed by atoms with E-state index in [2.05, 4.69) is 15.6 Å². The summed E-state index contributed by atoms with van der Waals surface area (Å²) in [5.41, 5.74) is 3.46. The minimum absolute atomic E-state index is 0.0348. The average molecular weight is 677 g/mol. The van der Waals surface area contributed by atoms with E-state index in [0.717, 1.165) is 11.1 Å². The fraction of sp³-hybridized carbons (Fsp3) is 0.400. The van der Waals surface area contributed by atoms with Gasteiger partial charge in [0.1, 0.15) is 11.2 Å². The zero-order valence-corrected chi connectivity index (χ0v) is 28.5. The molecule has 254 valence electrons. The molecule has 0 aliphatic carbocycles. The molecule has 3 aromatic heterocycles. The molecule has 1 aliphatic heterocycles. The lowest BCUT2D eigenvalue weighted by Gasteiger charge is -2.29. The van der Waals surface area contributed by atoms with Crippen molar-refractivity contribution in [3.63, 3.8) is 0 Å². The number of methoxy groups -OCH3 is 1. The summed E-state index contributed by atoms with van der Waals surface area (Å²) >= 11 is 7.00. The van der Waals surface area contributed by atoms with Crippen LogP contribution in [0.3, 0.4) is 0 Å². The molecule has 13 heteroatoms. The normalized spacial score (nSPS) is 15.3. The molecular weight excluding hydrogens is 636 g/mol. The summed E-state index contributed by atoms with van der Waals surface area (Å²) in [6, 6.07) is 12.7. The summed E-state index contributed by atoms with van der Waals surface area (Å²) < 4.78 is 12.8. The van der Waals surface area contributed by atoms with E-state index in [9.17, 15) is 19.5 Å². The van der Waals surface area contributed by atoms with Crippen molar-refractivity contribution in [2.75, 3.05) is 20.2 Å². The maximum Gasteiger partial charge on any atom is 0.410 e. The minimum atomic E-state index is -0.695. The predicted molar refractivity (Wildman–Crippen MR) is 183 cm³/mol. The van der Waals surface area contributed by atoms with Gasteiger partial charge in [0.2, 0.25) is 11.8 Å². The number of pyridine rings is 2. The minimum Gasteiger partial charge on any atom is -0.481 e. The van der Waals surface area contributed by atoms with Crippen LogP contribution in [0, 0.1) is 0 Å². The second-order valence-electron chi connectivity index (χ2n) is 12.9. The molecule has 1 aliphatic rings. The molecule has 0 saturated carbocycles. The Kier molecular flexibility index (Phi) is 10.7. The third-order valence-corrected chi connectivity index (χ3v) is 8.20. The standard InChI is InChI=1S/C35H41ClN6O6/c1-21(43)16-37-17-24-18-38-29-15-22(13-14-42(29)33(24)45)26-7-6-8-27(31(26)36)28-11-9-23(32(40-28)47-5)19-41(34(46)48-35(2,3)4)20-25-10-12-30(44)39-25/h6-9,11,13-15,18,21,25,37,43H,10,12,16-17,19-20H2,1-5H3,(H,39,44)/t21?,25-/m0/s1. The number of carbonyl (C=O) groups excluding carboxylic acids is 2. The van der Waals surface area contributed by atoms with Crippen LogP contribution in [0.4, 0.5) is 4.79 Å². The quantitative estimate of drug-likeness (QED) is 0.208. The van der Waals surface area contributed by atoms with Crippen LogP contribution in [0.25, 0.3) is 28.0 Å². The third kappa shape index (κ3) is 8.30. The molecule has 4 aromatic rings. The number of aliphatic hydroxyl groups excluding tert-OH is 1. The van der Waals surface area contributed by atoms with Gasteiger partial charge < -0.3 is 30.1 Å². The first-order valence-electron chi connectivity index (χ1n) is 15.8. The summed E-state index contributed by atoms with van der Waals surface area (Å²) in [5.74, 6) is 0.290. The Bertz CT molecular complexity index is 1870. The number of aromatic nitrogens is 3. The topological polar surface area (TPSA) is 147 Å². The number of benzene rings is 1. The van der Waals surface area contributed by atoms with Crippen LogP contribution in [0.1, 0.15) is 51.7 Å². The predicted octanol–water partition coefficient (Wildman–Crippen LogP) is 4.57. The van der Waals surface area contributed by atoms with Gasteiger partial charge in [0.25, 0.3) is 5.56 Å². The Balaban J connectivity index is 1.41. The zero-order valence-electron chi connectivity index (χ0n) is 27.7. The maximum atomic E-state index is 13.2. The van der Waals surface area contributed by atoms with Crippen LogP contribution in [0.15, 0.2) is 59.7 Å². The summed E-state index contributed by atoms with van der Waals surface area (Å²) in [5, 5.41) is 15.9. The van der Waals surface area contributed by atoms with E-state index < -0.39 is 17.8 Å². The van der Waals surface area contributed by atoms with Crippen molar-refractivity contribution < 1.29 is 24.2 Å². The zero-order chi connectivity index (χ0) is 34.6. The highest BCUT2D eigenvalue weighted by Gasteiger charge is 2.29. The molecule has 12 nitrogen and oxygen atoms in total. The maximum absolute atomic E-state index is 13.2. The average Bonchev–Trinajstić information content (AvgIpc) is 3.45. The van der Waals surface area contributed by atoms with Crippen molar-refractivity contribution in [1.29, 1.82) is 0 Å². The van der Waals surface area contributed by atoms with Gasteiger partial charge in [-0.05, 0) is 63.9 Å². The lowest BCUT2D eigenvalue weighted by Crippen LogP contribution is -2.43. The van der Waals surface area contributed by atoms with Crippen LogP contribution < -0.4 is 20.9 Å². The van der Waals surface area contributed by atoms with Crippen molar-refractivity contribution in [2.24, 2.45) is 0 Å². The summed E-state index contributed by atoms with van der Waals surface area (Å²) in [6.07, 6.45) is 3.25. The number of hydrogen-bond acceptors (Lipinski definition) is 9. The number of rotatable bonds is 11. The van der Waals surface area contributed by atoms with Gasteiger partial charge in [0.05, 0.1) is 30.5 Å². The highest BCUT2D eigenvalue weighted by atomic mass is 35.5. The van der Waals surface area contributed by atoms with Gasteiger partial charge in [-0.2, -0.15) is 0 Å². The molecule has 5 rings (SSSR count). The van der Waals surface area contributed by atoms with E-state index in [4.69, 9.17) is 26.1 Å². The number of nitrogens with zero attached hydrogens (tertiary/aromatic N) is 4. The van der Waals surface area contributed by atoms with E-state index in [1.54, 1.807) is 51.1 Å². The fourth-order valence-corrected chi connectivity index (χ4v) is 5.83. The van der Waals surface area contributed by atoms with E-state index >= 15 is 0 Å². The summed E-state index contributed by atoms with van der Waals surface area (Å²) in [7, 11) is 1.52. The van der Waals surface area contributed by atoms with E-state index in [-0.39, 0.29) is 30.6 Å². The number of ether oxygens (including phenoxy) is 2. The lowest BCUT2D eigenvalue weighted by atomic mass is 10.0. The molecule has 2 atom stereocenters. The van der Waals surface area contributed by atoms with Crippen LogP contribution >= 0.6 is 11.6 Å². The molecule has 0 radical (unpaired) electrons. The first-order valence-corrected chi connectivity index (χ1v) is 16.2. The SMILES string of the molecule is COc1nc(-c2cccc(-c3ccn4c(=O)c(CNCC(C)O)cnc4c3)c2Cl)ccc1CN(C[C@@H]1CCC(=O)N1)C(=O)OC(C)(C)C. The van der Waals surface area contributed by atoms with Crippen molar-refractivity contribution in [1.82, 2.24) is 29.9 Å². The molecule has 2 amide bonds. The Morgan fingerprint density at radius 3 is 2.65 bits per heavy atom. The number of fused-ring (bicyclic) bond motifs is 1. The van der Waals surface area contributed by atoms with Gasteiger partial charge in [-0.1, -0.05) is 29.8 Å². The number of carbonyl (C=O) groups is 2. The summed E-state index contributed by atoms with van der Waals surface area (Å²) in [4.78, 5) is 48.9. The second-order valence-corrected chi connectivity index (χ2v) is 13.3. The third-order valence-electron chi connectivity index (χ3n) is 7.79. The molecule has 1 fully saturated rings. The number of halogens is 1. The molecule has 0 bridgehead atoms. The van der Waals surface area contributed by atoms with Gasteiger partial charge in [0.15, 0.2) is 0 Å². The molecule has 48 heavy (non-hydrogen) atoms. The Labute approximate surface area is 284 Å². The molecule has 0 spiro atoms. The van der Waals surface area contributed by atoms with Gasteiger partial charge in [-0.25, -0.2) is 14.8 Å². The highest BCUT2D eigenvalue weighted by Crippen LogP contribution is 2.37. The number of hydrogen-bond donors (Lipinski definition) is 3. The van der Waals surface area contributed by atoms with Gasteiger partial charge in [-0.15, -0.1) is 0 Å². The van der Waals surface area contributed by atoms with Crippen molar-refractivity contribution in [2.45, 2.75) is 71.4 Å². The largest absolute Gasteiger partial charge is 0.481 e. The monoisotopic (exact) mass is 676 g/mol. The van der Waals surface area contributed by atoms with E-state index in [0.29, 0.717) is 64.9 Å². The molecule has 4 heterocycles. The van der Waals surface area contributed by atoms with Crippen molar-refractivity contribution in [3.05, 3.63) is 81.4 Å². The van der Waals surface area contributed by atoms with Crippen LogP contribution in [-0.2, 0) is 22.6 Å². The van der Waals surface area contributed by atoms with E-state index in [1.807, 2.05) is 36.4 Å². The van der Waals surface area contributed by atoms with Gasteiger partial charge >= 0.3 is 6.09 Å². The Morgan fingerprint density at radius 2 is 1.96 bits per heavy atom. The van der Waals surface area contributed by atoms with Crippen LogP contribution in [0.2, 0.25) is 5.02 Å². The van der Waals surface area contributed by atoms with Gasteiger partial charge in [0, 0.05) is 66.7 Å². The Morgan fingerprint density at radius 1 is 1.19 bits per heavy atom. The molecule has 1 unspecified atom stereocenters. The number of aliphatic hydroxyl groups is 1. The van der Waals surface area contributed by atoms with Crippen molar-refractivity contribution in [3.8, 4) is 28.3 Å². The van der Waals surface area contributed by atoms with Crippen molar-refractivity contribution >= 4 is 29.2 Å². The smallest absolute Gasteiger partial charge is 0.410 e. The van der Waals surface area contributed by atoms with Crippen LogP contribution in [-0.4, -0.2) is 74.3 Å². The first-order chi connectivity index (χ1) is 22.8. The second kappa shape index (κ2) is 14.7. The molecule has 1 aromatic carbocycles. The lowest BCUT2D eigenvalue weighted by molar-refractivity contribution is -0.119. The van der Waals surface area contributed by atoms with Gasteiger partial charge in [-0.3, -0.25) is 14.0 Å². The highest BCUT2D eigenvalue weighted by molar-refractivity contribution is 6.36. The fourth-order valence-electron chi connectivity index (χ4n) is 5.50.